The lowest BCUT2D eigenvalue weighted by atomic mass is 9.89. The van der Waals surface area contributed by atoms with Crippen LogP contribution < -0.4 is 5.32 Å². The molecule has 0 aliphatic carbocycles. The quantitative estimate of drug-likeness (QED) is 0.411. The lowest BCUT2D eigenvalue weighted by molar-refractivity contribution is -0.114. The number of nitrogens with zero attached hydrogens (tertiary/aromatic N) is 4. The van der Waals surface area contributed by atoms with Crippen LogP contribution in [0.1, 0.15) is 43.4 Å². The van der Waals surface area contributed by atoms with E-state index in [9.17, 15) is 4.79 Å². The van der Waals surface area contributed by atoms with Gasteiger partial charge in [-0.3, -0.25) is 4.79 Å². The summed E-state index contributed by atoms with van der Waals surface area (Å²) in [7, 11) is 0. The molecule has 1 amide bonds. The van der Waals surface area contributed by atoms with Crippen molar-refractivity contribution in [2.24, 2.45) is 0 Å². The average Bonchev–Trinajstić information content (AvgIpc) is 3.42. The average molecular weight is 458 g/mol. The van der Waals surface area contributed by atoms with Gasteiger partial charge < -0.3 is 19.2 Å². The Balaban J connectivity index is 1.20. The van der Waals surface area contributed by atoms with E-state index in [0.717, 1.165) is 79.4 Å². The normalized spacial score (nSPS) is 15.1. The molecule has 1 aliphatic rings. The highest BCUT2D eigenvalue weighted by Crippen LogP contribution is 2.30. The Labute approximate surface area is 199 Å². The molecule has 0 unspecified atom stereocenters. The molecule has 5 rings (SSSR count). The molecule has 0 radical (unpaired) electrons. The van der Waals surface area contributed by atoms with Gasteiger partial charge in [-0.15, -0.1) is 0 Å². The van der Waals surface area contributed by atoms with E-state index in [1.807, 2.05) is 31.2 Å². The molecule has 2 aromatic heterocycles. The summed E-state index contributed by atoms with van der Waals surface area (Å²) >= 11 is 0. The van der Waals surface area contributed by atoms with Crippen molar-refractivity contribution in [3.05, 3.63) is 66.2 Å². The molecule has 2 aromatic carbocycles. The highest BCUT2D eigenvalue weighted by Gasteiger charge is 2.22. The number of para-hydroxylation sites is 2. The molecule has 0 atom stereocenters. The highest BCUT2D eigenvalue weighted by molar-refractivity contribution is 5.88. The third-order valence-electron chi connectivity index (χ3n) is 6.73. The van der Waals surface area contributed by atoms with Crippen LogP contribution >= 0.6 is 0 Å². The van der Waals surface area contributed by atoms with E-state index in [1.165, 1.54) is 12.0 Å². The number of anilines is 1. The monoisotopic (exact) mass is 457 g/mol. The number of hydrogen-bond donors (Lipinski definition) is 1. The number of imidazole rings is 1. The van der Waals surface area contributed by atoms with Gasteiger partial charge in [-0.1, -0.05) is 24.3 Å². The first-order valence-electron chi connectivity index (χ1n) is 12.0. The maximum absolute atomic E-state index is 11.4. The summed E-state index contributed by atoms with van der Waals surface area (Å²) in [6, 6.07) is 16.5. The first-order valence-corrected chi connectivity index (χ1v) is 12.0. The molecule has 7 heteroatoms. The van der Waals surface area contributed by atoms with Crippen LogP contribution in [0.15, 0.2) is 59.3 Å². The molecule has 1 saturated heterocycles. The molecule has 1 fully saturated rings. The van der Waals surface area contributed by atoms with E-state index in [1.54, 1.807) is 6.92 Å². The molecule has 0 saturated carbocycles. The summed E-state index contributed by atoms with van der Waals surface area (Å²) in [6.45, 7) is 7.63. The van der Waals surface area contributed by atoms with Gasteiger partial charge in [-0.2, -0.15) is 0 Å². The van der Waals surface area contributed by atoms with E-state index in [4.69, 9.17) is 9.40 Å². The van der Waals surface area contributed by atoms with Crippen molar-refractivity contribution in [2.45, 2.75) is 45.6 Å². The SMILES string of the molecule is CC(=O)Nc1cccc(C2CCN(CCCn3c(-c4ocnc4C)nc4ccccc43)CC2)c1. The molecule has 1 N–H and O–H groups in total. The largest absolute Gasteiger partial charge is 0.440 e. The number of aryl methyl sites for hydroxylation is 2. The minimum Gasteiger partial charge on any atom is -0.440 e. The zero-order valence-electron chi connectivity index (χ0n) is 19.8. The number of oxazole rings is 1. The Kier molecular flexibility index (Phi) is 6.45. The maximum Gasteiger partial charge on any atom is 0.221 e. The molecule has 34 heavy (non-hydrogen) atoms. The van der Waals surface area contributed by atoms with E-state index in [0.29, 0.717) is 5.92 Å². The van der Waals surface area contributed by atoms with E-state index in [-0.39, 0.29) is 5.91 Å². The fourth-order valence-electron chi connectivity index (χ4n) is 5.01. The molecular weight excluding hydrogens is 426 g/mol. The van der Waals surface area contributed by atoms with E-state index < -0.39 is 0 Å². The Morgan fingerprint density at radius 2 is 1.94 bits per heavy atom. The van der Waals surface area contributed by atoms with Gasteiger partial charge in [0.05, 0.1) is 16.7 Å². The Morgan fingerprint density at radius 3 is 2.71 bits per heavy atom. The predicted molar refractivity (Wildman–Crippen MR) is 134 cm³/mol. The summed E-state index contributed by atoms with van der Waals surface area (Å²) < 4.78 is 7.94. The third kappa shape index (κ3) is 4.75. The number of benzene rings is 2. The zero-order chi connectivity index (χ0) is 23.5. The van der Waals surface area contributed by atoms with Crippen LogP contribution in [0.2, 0.25) is 0 Å². The van der Waals surface area contributed by atoms with Crippen molar-refractivity contribution in [3.63, 3.8) is 0 Å². The number of carbonyl (C=O) groups excluding carboxylic acids is 1. The van der Waals surface area contributed by atoms with Crippen molar-refractivity contribution in [1.82, 2.24) is 19.4 Å². The number of nitrogens with one attached hydrogen (secondary N) is 1. The second-order valence-electron chi connectivity index (χ2n) is 9.12. The van der Waals surface area contributed by atoms with Gasteiger partial charge in [0, 0.05) is 19.2 Å². The van der Waals surface area contributed by atoms with Crippen LogP contribution in [-0.2, 0) is 11.3 Å². The van der Waals surface area contributed by atoms with Crippen LogP contribution in [-0.4, -0.2) is 45.0 Å². The number of piperidine rings is 1. The van der Waals surface area contributed by atoms with E-state index in [2.05, 4.69) is 44.0 Å². The van der Waals surface area contributed by atoms with Crippen LogP contribution in [0.25, 0.3) is 22.6 Å². The van der Waals surface area contributed by atoms with Crippen molar-refractivity contribution in [3.8, 4) is 11.6 Å². The molecule has 1 aliphatic heterocycles. The fraction of sp³-hybridized carbons (Fsp3) is 0.370. The van der Waals surface area contributed by atoms with Crippen LogP contribution in [0.4, 0.5) is 5.69 Å². The maximum atomic E-state index is 11.4. The first kappa shape index (κ1) is 22.3. The number of hydrogen-bond acceptors (Lipinski definition) is 5. The summed E-state index contributed by atoms with van der Waals surface area (Å²) in [5.41, 5.74) is 5.18. The van der Waals surface area contributed by atoms with Gasteiger partial charge >= 0.3 is 0 Å². The summed E-state index contributed by atoms with van der Waals surface area (Å²) in [4.78, 5) is 23.0. The van der Waals surface area contributed by atoms with Crippen molar-refractivity contribution in [2.75, 3.05) is 25.0 Å². The second kappa shape index (κ2) is 9.81. The van der Waals surface area contributed by atoms with Crippen LogP contribution in [0.5, 0.6) is 0 Å². The smallest absolute Gasteiger partial charge is 0.221 e. The minimum atomic E-state index is -0.0285. The summed E-state index contributed by atoms with van der Waals surface area (Å²) in [6.07, 6.45) is 4.81. The molecular formula is C27H31N5O2. The number of rotatable bonds is 7. The topological polar surface area (TPSA) is 76.2 Å². The predicted octanol–water partition coefficient (Wildman–Crippen LogP) is 5.23. The van der Waals surface area contributed by atoms with Crippen molar-refractivity contribution >= 4 is 22.6 Å². The van der Waals surface area contributed by atoms with Crippen molar-refractivity contribution in [1.29, 1.82) is 0 Å². The molecule has 4 aromatic rings. The Bertz CT molecular complexity index is 1280. The molecule has 3 heterocycles. The number of fused-ring (bicyclic) bond motifs is 1. The first-order chi connectivity index (χ1) is 16.6. The Morgan fingerprint density at radius 1 is 1.12 bits per heavy atom. The molecule has 7 nitrogen and oxygen atoms in total. The van der Waals surface area contributed by atoms with Gasteiger partial charge in [0.25, 0.3) is 0 Å². The second-order valence-corrected chi connectivity index (χ2v) is 9.12. The lowest BCUT2D eigenvalue weighted by Crippen LogP contribution is -2.34. The van der Waals surface area contributed by atoms with E-state index >= 15 is 0 Å². The number of carbonyl (C=O) groups is 1. The van der Waals surface area contributed by atoms with Gasteiger partial charge in [0.15, 0.2) is 18.0 Å². The van der Waals surface area contributed by atoms with Crippen LogP contribution in [0.3, 0.4) is 0 Å². The van der Waals surface area contributed by atoms with Crippen LogP contribution in [0, 0.1) is 6.92 Å². The Hall–Kier alpha value is -3.45. The fourth-order valence-corrected chi connectivity index (χ4v) is 5.01. The molecule has 0 bridgehead atoms. The summed E-state index contributed by atoms with van der Waals surface area (Å²) in [5, 5.41) is 2.90. The van der Waals surface area contributed by atoms with Gasteiger partial charge in [-0.05, 0) is 81.6 Å². The standard InChI is InChI=1S/C27H31N5O2/c1-19-26(34-18-28-19)27-30-24-9-3-4-10-25(24)32(27)14-6-13-31-15-11-21(12-16-31)22-7-5-8-23(17-22)29-20(2)33/h3-5,7-10,17-18,21H,6,11-16H2,1-2H3,(H,29,33). The van der Waals surface area contributed by atoms with Gasteiger partial charge in [0.2, 0.25) is 5.91 Å². The minimum absolute atomic E-state index is 0.0285. The number of aromatic nitrogens is 3. The molecule has 0 spiro atoms. The number of amides is 1. The lowest BCUT2D eigenvalue weighted by Gasteiger charge is -2.32. The summed E-state index contributed by atoms with van der Waals surface area (Å²) in [5.74, 6) is 2.12. The van der Waals surface area contributed by atoms with Gasteiger partial charge in [-0.25, -0.2) is 9.97 Å². The molecule has 176 valence electrons. The highest BCUT2D eigenvalue weighted by atomic mass is 16.3. The zero-order valence-corrected chi connectivity index (χ0v) is 19.8. The van der Waals surface area contributed by atoms with Crippen molar-refractivity contribution < 1.29 is 9.21 Å². The van der Waals surface area contributed by atoms with Gasteiger partial charge in [0.1, 0.15) is 0 Å². The third-order valence-corrected chi connectivity index (χ3v) is 6.73. The number of likely N-dealkylation sites (tertiary alicyclic amines) is 1.